The Kier molecular flexibility index (Phi) is 5.59. The molecule has 1 saturated carbocycles. The molecular formula is C17H15BrF3N3O2S. The molecule has 0 unspecified atom stereocenters. The smallest absolute Gasteiger partial charge is 0.475 e. The van der Waals surface area contributed by atoms with Crippen LogP contribution in [-0.4, -0.2) is 27.2 Å². The molecule has 3 heterocycles. The van der Waals surface area contributed by atoms with Crippen LogP contribution in [0.2, 0.25) is 0 Å². The highest BCUT2D eigenvalue weighted by atomic mass is 79.9. The minimum atomic E-state index is -5.08. The highest BCUT2D eigenvalue weighted by Crippen LogP contribution is 2.49. The van der Waals surface area contributed by atoms with Crippen molar-refractivity contribution < 1.29 is 23.1 Å². The first-order valence-corrected chi connectivity index (χ1v) is 9.53. The summed E-state index contributed by atoms with van der Waals surface area (Å²) < 4.78 is 32.9. The molecule has 144 valence electrons. The summed E-state index contributed by atoms with van der Waals surface area (Å²) in [6.07, 6.45) is 1.09. The van der Waals surface area contributed by atoms with Crippen LogP contribution in [0.25, 0.3) is 10.9 Å². The Morgan fingerprint density at radius 1 is 1.37 bits per heavy atom. The summed E-state index contributed by atoms with van der Waals surface area (Å²) >= 11 is 5.38. The molecule has 10 heteroatoms. The topological polar surface area (TPSA) is 78.0 Å². The number of alkyl halides is 3. The van der Waals surface area contributed by atoms with Crippen molar-refractivity contribution in [1.29, 1.82) is 0 Å². The van der Waals surface area contributed by atoms with Gasteiger partial charge in [-0.3, -0.25) is 4.98 Å². The maximum absolute atomic E-state index is 10.6. The molecule has 0 amide bonds. The highest BCUT2D eigenvalue weighted by Gasteiger charge is 2.45. The van der Waals surface area contributed by atoms with Crippen molar-refractivity contribution in [1.82, 2.24) is 15.3 Å². The van der Waals surface area contributed by atoms with Crippen LogP contribution in [0, 0.1) is 0 Å². The Labute approximate surface area is 164 Å². The monoisotopic (exact) mass is 461 g/mol. The molecule has 4 rings (SSSR count). The fourth-order valence-corrected chi connectivity index (χ4v) is 4.21. The number of carboxylic acids is 1. The highest BCUT2D eigenvalue weighted by molar-refractivity contribution is 9.11. The molecule has 0 aromatic carbocycles. The summed E-state index contributed by atoms with van der Waals surface area (Å²) in [7, 11) is 0. The minimum Gasteiger partial charge on any atom is -0.475 e. The third kappa shape index (κ3) is 4.88. The van der Waals surface area contributed by atoms with Gasteiger partial charge in [-0.05, 0) is 53.0 Å². The number of carboxylic acid groups (broad SMARTS) is 1. The predicted octanol–water partition coefficient (Wildman–Crippen LogP) is 4.80. The molecule has 5 nitrogen and oxygen atoms in total. The fraction of sp³-hybridized carbons (Fsp3) is 0.294. The first-order valence-electron chi connectivity index (χ1n) is 7.92. The van der Waals surface area contributed by atoms with Crippen molar-refractivity contribution in [2.24, 2.45) is 0 Å². The van der Waals surface area contributed by atoms with Gasteiger partial charge in [-0.1, -0.05) is 0 Å². The van der Waals surface area contributed by atoms with Crippen molar-refractivity contribution in [2.75, 3.05) is 0 Å². The van der Waals surface area contributed by atoms with Crippen LogP contribution >= 0.6 is 27.3 Å². The third-order valence-electron chi connectivity index (χ3n) is 4.13. The van der Waals surface area contributed by atoms with E-state index in [1.54, 1.807) is 0 Å². The van der Waals surface area contributed by atoms with Gasteiger partial charge in [0.1, 0.15) is 0 Å². The molecule has 0 aliphatic heterocycles. The number of fused-ring (bicyclic) bond motifs is 1. The second-order valence-electron chi connectivity index (χ2n) is 6.10. The molecule has 0 atom stereocenters. The molecule has 1 aliphatic rings. The van der Waals surface area contributed by atoms with E-state index in [1.165, 1.54) is 32.6 Å². The Balaban J connectivity index is 0.000000260. The number of hydrogen-bond donors (Lipinski definition) is 3. The number of H-pyrrole nitrogens is 1. The molecular weight excluding hydrogens is 447 g/mol. The van der Waals surface area contributed by atoms with Crippen LogP contribution in [0.1, 0.15) is 23.4 Å². The van der Waals surface area contributed by atoms with E-state index in [9.17, 15) is 13.2 Å². The van der Waals surface area contributed by atoms with Crippen LogP contribution < -0.4 is 5.32 Å². The van der Waals surface area contributed by atoms with E-state index in [-0.39, 0.29) is 5.54 Å². The number of carbonyl (C=O) groups is 1. The number of nitrogens with one attached hydrogen (secondary N) is 2. The average Bonchev–Trinajstić information content (AvgIpc) is 3.07. The Hall–Kier alpha value is -1.91. The zero-order chi connectivity index (χ0) is 19.7. The number of pyridine rings is 1. The summed E-state index contributed by atoms with van der Waals surface area (Å²) in [5, 5.41) is 12.0. The third-order valence-corrected chi connectivity index (χ3v) is 5.96. The second kappa shape index (κ2) is 7.61. The predicted molar refractivity (Wildman–Crippen MR) is 99.6 cm³/mol. The molecule has 0 spiro atoms. The molecule has 0 saturated heterocycles. The maximum atomic E-state index is 10.6. The van der Waals surface area contributed by atoms with Gasteiger partial charge in [-0.15, -0.1) is 11.3 Å². The average molecular weight is 462 g/mol. The van der Waals surface area contributed by atoms with Gasteiger partial charge in [0.2, 0.25) is 0 Å². The molecule has 0 bridgehead atoms. The molecule has 1 aliphatic carbocycles. The van der Waals surface area contributed by atoms with Crippen LogP contribution in [-0.2, 0) is 16.9 Å². The first-order chi connectivity index (χ1) is 12.7. The summed E-state index contributed by atoms with van der Waals surface area (Å²) in [6, 6.07) is 8.55. The normalized spacial score (nSPS) is 15.3. The molecule has 0 radical (unpaired) electrons. The van der Waals surface area contributed by atoms with E-state index < -0.39 is 12.1 Å². The summed E-state index contributed by atoms with van der Waals surface area (Å²) in [5.74, 6) is -2.76. The van der Waals surface area contributed by atoms with Crippen LogP contribution in [0.5, 0.6) is 0 Å². The maximum Gasteiger partial charge on any atom is 0.490 e. The lowest BCUT2D eigenvalue weighted by Crippen LogP contribution is -2.27. The van der Waals surface area contributed by atoms with Gasteiger partial charge < -0.3 is 15.4 Å². The summed E-state index contributed by atoms with van der Waals surface area (Å²) in [4.78, 5) is 17.9. The van der Waals surface area contributed by atoms with Gasteiger partial charge in [0.15, 0.2) is 0 Å². The van der Waals surface area contributed by atoms with Crippen molar-refractivity contribution in [2.45, 2.75) is 31.1 Å². The molecule has 1 fully saturated rings. The number of aromatic amines is 1. The van der Waals surface area contributed by atoms with E-state index in [1.807, 2.05) is 29.8 Å². The van der Waals surface area contributed by atoms with Crippen LogP contribution in [0.15, 0.2) is 40.4 Å². The second-order valence-corrected chi connectivity index (χ2v) is 8.56. The number of halogens is 4. The first kappa shape index (κ1) is 19.8. The number of aliphatic carboxylic acids is 1. The van der Waals surface area contributed by atoms with Crippen LogP contribution in [0.4, 0.5) is 13.2 Å². The number of nitrogens with zero attached hydrogens (tertiary/aromatic N) is 1. The van der Waals surface area contributed by atoms with Gasteiger partial charge in [-0.2, -0.15) is 13.2 Å². The molecule has 3 aromatic heterocycles. The number of aromatic nitrogens is 2. The number of hydrogen-bond acceptors (Lipinski definition) is 4. The van der Waals surface area contributed by atoms with E-state index in [4.69, 9.17) is 9.90 Å². The van der Waals surface area contributed by atoms with E-state index in [0.717, 1.165) is 12.1 Å². The van der Waals surface area contributed by atoms with Crippen molar-refractivity contribution in [3.8, 4) is 0 Å². The Morgan fingerprint density at radius 3 is 2.59 bits per heavy atom. The Morgan fingerprint density at radius 2 is 2.07 bits per heavy atom. The quantitative estimate of drug-likeness (QED) is 0.521. The van der Waals surface area contributed by atoms with Crippen molar-refractivity contribution >= 4 is 44.1 Å². The summed E-state index contributed by atoms with van der Waals surface area (Å²) in [5.41, 5.74) is 2.57. The zero-order valence-corrected chi connectivity index (χ0v) is 16.2. The molecule has 27 heavy (non-hydrogen) atoms. The number of thiophene rings is 1. The molecule has 3 aromatic rings. The van der Waals surface area contributed by atoms with Gasteiger partial charge in [0.25, 0.3) is 0 Å². The van der Waals surface area contributed by atoms with E-state index >= 15 is 0 Å². The number of rotatable bonds is 4. The van der Waals surface area contributed by atoms with E-state index in [2.05, 4.69) is 49.4 Å². The zero-order valence-electron chi connectivity index (χ0n) is 13.8. The lowest BCUT2D eigenvalue weighted by atomic mass is 10.2. The SMILES string of the molecule is Brc1ccc(C2(NCc3cc4cnccc4[nH]3)CC2)s1.O=C(O)C(F)(F)F. The minimum absolute atomic E-state index is 0.201. The van der Waals surface area contributed by atoms with E-state index in [0.29, 0.717) is 0 Å². The lowest BCUT2D eigenvalue weighted by molar-refractivity contribution is -0.192. The standard InChI is InChI=1S/C15H14BrN3S.C2HF3O2/c16-14-2-1-13(20-14)15(4-5-15)18-9-11-7-10-8-17-6-3-12(10)19-11;3-2(4,5)1(6)7/h1-3,6-8,18-19H,4-5,9H2;(H,6,7). The van der Waals surface area contributed by atoms with Gasteiger partial charge in [0.05, 0.1) is 9.33 Å². The van der Waals surface area contributed by atoms with Gasteiger partial charge in [0, 0.05) is 40.4 Å². The lowest BCUT2D eigenvalue weighted by Gasteiger charge is -2.15. The van der Waals surface area contributed by atoms with Crippen LogP contribution in [0.3, 0.4) is 0 Å². The fourth-order valence-electron chi connectivity index (χ4n) is 2.60. The van der Waals surface area contributed by atoms with Crippen molar-refractivity contribution in [3.05, 3.63) is 51.0 Å². The van der Waals surface area contributed by atoms with Gasteiger partial charge in [-0.25, -0.2) is 4.79 Å². The summed E-state index contributed by atoms with van der Waals surface area (Å²) in [6.45, 7) is 0.865. The van der Waals surface area contributed by atoms with Crippen molar-refractivity contribution in [3.63, 3.8) is 0 Å². The van der Waals surface area contributed by atoms with Gasteiger partial charge >= 0.3 is 12.1 Å². The Bertz CT molecular complexity index is 917. The molecule has 3 N–H and O–H groups in total. The largest absolute Gasteiger partial charge is 0.490 e.